The second kappa shape index (κ2) is 9.29. The first-order chi connectivity index (χ1) is 17.4. The average Bonchev–Trinajstić information content (AvgIpc) is 3.53. The summed E-state index contributed by atoms with van der Waals surface area (Å²) in [6.07, 6.45) is 1.44. The zero-order chi connectivity index (χ0) is 25.3. The van der Waals surface area contributed by atoms with E-state index in [1.807, 2.05) is 24.3 Å². The molecule has 4 amide bonds. The standard InChI is InChI=1S/C24H26N8O4/c1-24(17-6-5-7-18(14-17)32-16-25-27-28-32)22(34)31(23(35)26-24)15-21(33)30-12-10-29(11-13-30)19-8-3-4-9-20(19)36-2/h3-9,14,16H,10-13,15H2,1-2H3,(H,26,35)/t24-/m0/s1. The fraction of sp³-hybridized carbons (Fsp3) is 0.333. The first kappa shape index (κ1) is 23.3. The smallest absolute Gasteiger partial charge is 0.325 e. The molecule has 0 aliphatic carbocycles. The first-order valence-electron chi connectivity index (χ1n) is 11.5. The molecule has 0 spiro atoms. The number of tetrazole rings is 1. The van der Waals surface area contributed by atoms with E-state index in [1.165, 1.54) is 11.0 Å². The molecule has 186 valence electrons. The predicted octanol–water partition coefficient (Wildman–Crippen LogP) is 0.787. The normalized spacial score (nSPS) is 20.0. The quantitative estimate of drug-likeness (QED) is 0.503. The third-order valence-electron chi connectivity index (χ3n) is 6.66. The Balaban J connectivity index is 1.25. The van der Waals surface area contributed by atoms with E-state index in [-0.39, 0.29) is 12.5 Å². The number of amides is 4. The SMILES string of the molecule is COc1ccccc1N1CCN(C(=O)CN2C(=O)N[C@@](C)(c3cccc(-n4cnnn4)c3)C2=O)CC1. The lowest BCUT2D eigenvalue weighted by atomic mass is 9.91. The minimum atomic E-state index is -1.32. The predicted molar refractivity (Wildman–Crippen MR) is 129 cm³/mol. The average molecular weight is 491 g/mol. The van der Waals surface area contributed by atoms with Crippen LogP contribution in [0.15, 0.2) is 54.9 Å². The van der Waals surface area contributed by atoms with Crippen LogP contribution in [0, 0.1) is 0 Å². The number of para-hydroxylation sites is 2. The molecule has 3 heterocycles. The van der Waals surface area contributed by atoms with Crippen molar-refractivity contribution in [3.63, 3.8) is 0 Å². The van der Waals surface area contributed by atoms with Gasteiger partial charge in [0, 0.05) is 26.2 Å². The largest absolute Gasteiger partial charge is 0.495 e. The van der Waals surface area contributed by atoms with Gasteiger partial charge in [0.05, 0.1) is 18.5 Å². The van der Waals surface area contributed by atoms with Gasteiger partial charge in [0.25, 0.3) is 5.91 Å². The molecule has 2 aromatic carbocycles. The van der Waals surface area contributed by atoms with E-state index in [1.54, 1.807) is 43.2 Å². The number of nitrogens with zero attached hydrogens (tertiary/aromatic N) is 7. The van der Waals surface area contributed by atoms with Crippen molar-refractivity contribution in [2.24, 2.45) is 0 Å². The van der Waals surface area contributed by atoms with Crippen LogP contribution in [0.25, 0.3) is 5.69 Å². The van der Waals surface area contributed by atoms with Crippen molar-refractivity contribution >= 4 is 23.5 Å². The van der Waals surface area contributed by atoms with Crippen LogP contribution in [-0.4, -0.2) is 87.7 Å². The number of ether oxygens (including phenoxy) is 1. The number of anilines is 1. The number of methoxy groups -OCH3 is 1. The molecule has 12 heteroatoms. The summed E-state index contributed by atoms with van der Waals surface area (Å²) in [5, 5.41) is 13.9. The number of aromatic nitrogens is 4. The van der Waals surface area contributed by atoms with Crippen molar-refractivity contribution in [1.82, 2.24) is 35.3 Å². The van der Waals surface area contributed by atoms with Gasteiger partial charge in [-0.3, -0.25) is 14.5 Å². The molecule has 12 nitrogen and oxygen atoms in total. The molecule has 2 saturated heterocycles. The molecular weight excluding hydrogens is 464 g/mol. The number of benzene rings is 2. The minimum absolute atomic E-state index is 0.273. The summed E-state index contributed by atoms with van der Waals surface area (Å²) in [5.41, 5.74) is 0.863. The number of urea groups is 1. The van der Waals surface area contributed by atoms with Crippen molar-refractivity contribution in [3.8, 4) is 11.4 Å². The molecule has 1 atom stereocenters. The van der Waals surface area contributed by atoms with Crippen LogP contribution in [0.4, 0.5) is 10.5 Å². The maximum Gasteiger partial charge on any atom is 0.325 e. The van der Waals surface area contributed by atoms with Crippen molar-refractivity contribution < 1.29 is 19.1 Å². The lowest BCUT2D eigenvalue weighted by Crippen LogP contribution is -2.52. The highest BCUT2D eigenvalue weighted by Crippen LogP contribution is 2.31. The van der Waals surface area contributed by atoms with E-state index in [2.05, 4.69) is 25.7 Å². The van der Waals surface area contributed by atoms with Gasteiger partial charge in [0.1, 0.15) is 24.2 Å². The number of carbonyl (C=O) groups is 3. The lowest BCUT2D eigenvalue weighted by molar-refractivity contribution is -0.139. The summed E-state index contributed by atoms with van der Waals surface area (Å²) in [5.74, 6) is 0.0206. The fourth-order valence-electron chi connectivity index (χ4n) is 4.60. The van der Waals surface area contributed by atoms with E-state index >= 15 is 0 Å². The highest BCUT2D eigenvalue weighted by Gasteiger charge is 2.50. The van der Waals surface area contributed by atoms with Gasteiger partial charge >= 0.3 is 6.03 Å². The molecule has 0 unspecified atom stereocenters. The zero-order valence-corrected chi connectivity index (χ0v) is 20.0. The number of hydrogen-bond acceptors (Lipinski definition) is 8. The molecule has 1 N–H and O–H groups in total. The maximum atomic E-state index is 13.4. The highest BCUT2D eigenvalue weighted by atomic mass is 16.5. The highest BCUT2D eigenvalue weighted by molar-refractivity contribution is 6.09. The minimum Gasteiger partial charge on any atom is -0.495 e. The summed E-state index contributed by atoms with van der Waals surface area (Å²) < 4.78 is 6.91. The van der Waals surface area contributed by atoms with Crippen molar-refractivity contribution in [2.75, 3.05) is 44.7 Å². The van der Waals surface area contributed by atoms with Gasteiger partial charge in [0.2, 0.25) is 5.91 Å². The Morgan fingerprint density at radius 2 is 1.86 bits per heavy atom. The molecule has 5 rings (SSSR count). The molecule has 3 aromatic rings. The van der Waals surface area contributed by atoms with E-state index in [0.717, 1.165) is 16.3 Å². The number of carbonyl (C=O) groups excluding carboxylic acids is 3. The van der Waals surface area contributed by atoms with Gasteiger partial charge in [-0.15, -0.1) is 5.10 Å². The first-order valence-corrected chi connectivity index (χ1v) is 11.5. The number of rotatable bonds is 6. The summed E-state index contributed by atoms with van der Waals surface area (Å²) in [4.78, 5) is 44.0. The van der Waals surface area contributed by atoms with E-state index in [0.29, 0.717) is 37.4 Å². The Hall–Kier alpha value is -4.48. The van der Waals surface area contributed by atoms with Gasteiger partial charge in [-0.1, -0.05) is 24.3 Å². The van der Waals surface area contributed by atoms with Crippen molar-refractivity contribution in [3.05, 3.63) is 60.4 Å². The third-order valence-corrected chi connectivity index (χ3v) is 6.66. The van der Waals surface area contributed by atoms with E-state index in [9.17, 15) is 14.4 Å². The van der Waals surface area contributed by atoms with Crippen LogP contribution in [0.1, 0.15) is 12.5 Å². The van der Waals surface area contributed by atoms with Gasteiger partial charge in [-0.25, -0.2) is 9.48 Å². The molecule has 0 radical (unpaired) electrons. The summed E-state index contributed by atoms with van der Waals surface area (Å²) >= 11 is 0. The van der Waals surface area contributed by atoms with Crippen molar-refractivity contribution in [2.45, 2.75) is 12.5 Å². The lowest BCUT2D eigenvalue weighted by Gasteiger charge is -2.37. The topological polar surface area (TPSA) is 126 Å². The number of nitrogens with one attached hydrogen (secondary N) is 1. The Morgan fingerprint density at radius 1 is 1.08 bits per heavy atom. The van der Waals surface area contributed by atoms with Crippen LogP contribution in [0.2, 0.25) is 0 Å². The zero-order valence-electron chi connectivity index (χ0n) is 20.0. The van der Waals surface area contributed by atoms with Crippen LogP contribution in [0.5, 0.6) is 5.75 Å². The molecule has 1 aromatic heterocycles. The molecular formula is C24H26N8O4. The maximum absolute atomic E-state index is 13.4. The summed E-state index contributed by atoms with van der Waals surface area (Å²) in [7, 11) is 1.63. The van der Waals surface area contributed by atoms with Gasteiger partial charge in [0.15, 0.2) is 0 Å². The van der Waals surface area contributed by atoms with Gasteiger partial charge in [-0.2, -0.15) is 0 Å². The van der Waals surface area contributed by atoms with Crippen LogP contribution in [0.3, 0.4) is 0 Å². The number of piperazine rings is 1. The van der Waals surface area contributed by atoms with Crippen LogP contribution >= 0.6 is 0 Å². The van der Waals surface area contributed by atoms with Gasteiger partial charge in [-0.05, 0) is 47.2 Å². The number of imide groups is 1. The second-order valence-electron chi connectivity index (χ2n) is 8.79. The molecule has 36 heavy (non-hydrogen) atoms. The Kier molecular flexibility index (Phi) is 6.00. The third kappa shape index (κ3) is 4.10. The summed E-state index contributed by atoms with van der Waals surface area (Å²) in [6, 6.07) is 14.2. The van der Waals surface area contributed by atoms with Crippen LogP contribution < -0.4 is 15.0 Å². The summed E-state index contributed by atoms with van der Waals surface area (Å²) in [6.45, 7) is 3.50. The number of hydrogen-bond donors (Lipinski definition) is 1. The Labute approximate surface area is 207 Å². The molecule has 2 aliphatic rings. The molecule has 0 saturated carbocycles. The van der Waals surface area contributed by atoms with Crippen molar-refractivity contribution in [1.29, 1.82) is 0 Å². The van der Waals surface area contributed by atoms with Crippen LogP contribution in [-0.2, 0) is 15.1 Å². The second-order valence-corrected chi connectivity index (χ2v) is 8.79. The molecule has 2 aliphatic heterocycles. The van der Waals surface area contributed by atoms with E-state index in [4.69, 9.17) is 4.74 Å². The molecule has 2 fully saturated rings. The monoisotopic (exact) mass is 490 g/mol. The Bertz CT molecular complexity index is 1290. The molecule has 0 bridgehead atoms. The Morgan fingerprint density at radius 3 is 2.58 bits per heavy atom. The van der Waals surface area contributed by atoms with Gasteiger partial charge < -0.3 is 19.9 Å². The van der Waals surface area contributed by atoms with E-state index < -0.39 is 17.5 Å². The fourth-order valence-corrected chi connectivity index (χ4v) is 4.60.